The van der Waals surface area contributed by atoms with E-state index in [1.807, 2.05) is 0 Å². The van der Waals surface area contributed by atoms with E-state index < -0.39 is 0 Å². The minimum Gasteiger partial charge on any atom is -0.263 e. The van der Waals surface area contributed by atoms with Crippen LogP contribution in [0, 0.1) is 0 Å². The lowest BCUT2D eigenvalue weighted by molar-refractivity contribution is 0.563. The first kappa shape index (κ1) is 16.5. The van der Waals surface area contributed by atoms with Gasteiger partial charge in [0.1, 0.15) is 5.15 Å². The van der Waals surface area contributed by atoms with Crippen molar-refractivity contribution in [1.29, 1.82) is 0 Å². The second kappa shape index (κ2) is 7.39. The SMILES string of the molecule is CC(CCC(C)c1cncc(Cl)c1Cl)c1cncc(Cl)n1. The van der Waals surface area contributed by atoms with Crippen LogP contribution in [0.1, 0.15) is 49.8 Å². The number of pyridine rings is 1. The van der Waals surface area contributed by atoms with Gasteiger partial charge in [-0.1, -0.05) is 48.7 Å². The van der Waals surface area contributed by atoms with E-state index in [1.165, 1.54) is 6.20 Å². The Balaban J connectivity index is 2.00. The lowest BCUT2D eigenvalue weighted by Crippen LogP contribution is -2.02. The number of hydrogen-bond donors (Lipinski definition) is 0. The maximum atomic E-state index is 6.23. The molecule has 0 fully saturated rings. The largest absolute Gasteiger partial charge is 0.263 e. The molecule has 0 radical (unpaired) electrons. The van der Waals surface area contributed by atoms with Crippen LogP contribution in [0.5, 0.6) is 0 Å². The van der Waals surface area contributed by atoms with Crippen molar-refractivity contribution < 1.29 is 0 Å². The second-order valence-corrected chi connectivity index (χ2v) is 6.34. The second-order valence-electron chi connectivity index (χ2n) is 5.17. The van der Waals surface area contributed by atoms with Gasteiger partial charge in [0.25, 0.3) is 0 Å². The Hall–Kier alpha value is -0.900. The first-order valence-electron chi connectivity index (χ1n) is 6.75. The quantitative estimate of drug-likeness (QED) is 0.717. The molecule has 0 spiro atoms. The number of hydrogen-bond acceptors (Lipinski definition) is 3. The van der Waals surface area contributed by atoms with Crippen LogP contribution in [0.3, 0.4) is 0 Å². The molecule has 6 heteroatoms. The fourth-order valence-electron chi connectivity index (χ4n) is 2.17. The highest BCUT2D eigenvalue weighted by molar-refractivity contribution is 6.42. The first-order chi connectivity index (χ1) is 9.99. The normalized spacial score (nSPS) is 14.0. The van der Waals surface area contributed by atoms with E-state index in [4.69, 9.17) is 34.8 Å². The average Bonchev–Trinajstić information content (AvgIpc) is 2.47. The van der Waals surface area contributed by atoms with Crippen molar-refractivity contribution in [2.75, 3.05) is 0 Å². The maximum absolute atomic E-state index is 6.23. The summed E-state index contributed by atoms with van der Waals surface area (Å²) in [5.74, 6) is 0.558. The van der Waals surface area contributed by atoms with Gasteiger partial charge in [0.2, 0.25) is 0 Å². The van der Waals surface area contributed by atoms with E-state index in [1.54, 1.807) is 18.6 Å². The van der Waals surface area contributed by atoms with E-state index in [2.05, 4.69) is 28.8 Å². The molecule has 21 heavy (non-hydrogen) atoms. The zero-order chi connectivity index (χ0) is 15.4. The fraction of sp³-hybridized carbons (Fsp3) is 0.400. The molecule has 0 N–H and O–H groups in total. The lowest BCUT2D eigenvalue weighted by Gasteiger charge is -2.16. The summed E-state index contributed by atoms with van der Waals surface area (Å²) >= 11 is 18.1. The highest BCUT2D eigenvalue weighted by atomic mass is 35.5. The van der Waals surface area contributed by atoms with E-state index in [-0.39, 0.29) is 11.8 Å². The monoisotopic (exact) mass is 343 g/mol. The van der Waals surface area contributed by atoms with Crippen LogP contribution in [-0.4, -0.2) is 15.0 Å². The van der Waals surface area contributed by atoms with Gasteiger partial charge in [-0.15, -0.1) is 0 Å². The zero-order valence-electron chi connectivity index (χ0n) is 11.9. The number of halogens is 3. The topological polar surface area (TPSA) is 38.7 Å². The zero-order valence-corrected chi connectivity index (χ0v) is 14.1. The summed E-state index contributed by atoms with van der Waals surface area (Å²) in [4.78, 5) is 12.5. The Morgan fingerprint density at radius 3 is 2.29 bits per heavy atom. The van der Waals surface area contributed by atoms with Crippen LogP contribution in [0.2, 0.25) is 15.2 Å². The molecule has 3 nitrogen and oxygen atoms in total. The van der Waals surface area contributed by atoms with Crippen molar-refractivity contribution in [2.24, 2.45) is 0 Å². The molecule has 2 aromatic heterocycles. The summed E-state index contributed by atoms with van der Waals surface area (Å²) in [7, 11) is 0. The third-order valence-electron chi connectivity index (χ3n) is 3.56. The van der Waals surface area contributed by atoms with Crippen molar-refractivity contribution in [3.63, 3.8) is 0 Å². The van der Waals surface area contributed by atoms with Gasteiger partial charge in [-0.05, 0) is 24.3 Å². The van der Waals surface area contributed by atoms with Crippen molar-refractivity contribution in [3.05, 3.63) is 51.2 Å². The molecule has 0 aliphatic rings. The van der Waals surface area contributed by atoms with Gasteiger partial charge >= 0.3 is 0 Å². The summed E-state index contributed by atoms with van der Waals surface area (Å²) in [6, 6.07) is 0. The van der Waals surface area contributed by atoms with E-state index in [9.17, 15) is 0 Å². The highest BCUT2D eigenvalue weighted by Crippen LogP contribution is 2.33. The summed E-state index contributed by atoms with van der Waals surface area (Å²) in [5, 5.41) is 1.51. The van der Waals surface area contributed by atoms with Crippen LogP contribution < -0.4 is 0 Å². The molecule has 2 rings (SSSR count). The van der Waals surface area contributed by atoms with Crippen molar-refractivity contribution in [2.45, 2.75) is 38.5 Å². The number of aromatic nitrogens is 3. The molecule has 0 aliphatic carbocycles. The van der Waals surface area contributed by atoms with Gasteiger partial charge in [-0.2, -0.15) is 0 Å². The van der Waals surface area contributed by atoms with E-state index in [0.29, 0.717) is 15.2 Å². The predicted octanol–water partition coefficient (Wildman–Crippen LogP) is 5.52. The van der Waals surface area contributed by atoms with Crippen molar-refractivity contribution in [3.8, 4) is 0 Å². The molecule has 0 aromatic carbocycles. The number of rotatable bonds is 5. The smallest absolute Gasteiger partial charge is 0.147 e. The van der Waals surface area contributed by atoms with Gasteiger partial charge < -0.3 is 0 Å². The predicted molar refractivity (Wildman–Crippen MR) is 87.4 cm³/mol. The first-order valence-corrected chi connectivity index (χ1v) is 7.88. The van der Waals surface area contributed by atoms with Crippen LogP contribution in [-0.2, 0) is 0 Å². The van der Waals surface area contributed by atoms with Gasteiger partial charge in [0.05, 0.1) is 21.9 Å². The molecule has 0 aliphatic heterocycles. The minimum atomic E-state index is 0.276. The van der Waals surface area contributed by atoms with Crippen LogP contribution in [0.4, 0.5) is 0 Å². The molecule has 0 saturated carbocycles. The Labute approximate surface area is 139 Å². The fourth-order valence-corrected chi connectivity index (χ4v) is 2.78. The third-order valence-corrected chi connectivity index (χ3v) is 4.54. The van der Waals surface area contributed by atoms with Crippen molar-refractivity contribution in [1.82, 2.24) is 15.0 Å². The van der Waals surface area contributed by atoms with Crippen LogP contribution in [0.15, 0.2) is 24.8 Å². The highest BCUT2D eigenvalue weighted by Gasteiger charge is 2.15. The molecular weight excluding hydrogens is 329 g/mol. The van der Waals surface area contributed by atoms with E-state index in [0.717, 1.165) is 24.1 Å². The molecule has 0 amide bonds. The standard InChI is InChI=1S/C15H16Cl3N3/c1-9(11-5-19-6-12(16)15(11)18)3-4-10(2)13-7-20-8-14(17)21-13/h5-10H,3-4H2,1-2H3. The molecule has 2 atom stereocenters. The molecule has 2 aromatic rings. The average molecular weight is 345 g/mol. The molecule has 2 unspecified atom stereocenters. The maximum Gasteiger partial charge on any atom is 0.147 e. The summed E-state index contributed by atoms with van der Waals surface area (Å²) < 4.78 is 0. The van der Waals surface area contributed by atoms with E-state index >= 15 is 0 Å². The Bertz CT molecular complexity index is 619. The molecular formula is C15H16Cl3N3. The van der Waals surface area contributed by atoms with Gasteiger partial charge in [-0.3, -0.25) is 9.97 Å². The Morgan fingerprint density at radius 2 is 1.57 bits per heavy atom. The molecule has 0 saturated heterocycles. The van der Waals surface area contributed by atoms with Gasteiger partial charge in [0.15, 0.2) is 0 Å². The van der Waals surface area contributed by atoms with Gasteiger partial charge in [0, 0.05) is 24.5 Å². The summed E-state index contributed by atoms with van der Waals surface area (Å²) in [6.07, 6.45) is 8.55. The van der Waals surface area contributed by atoms with Crippen LogP contribution in [0.25, 0.3) is 0 Å². The third kappa shape index (κ3) is 4.29. The molecule has 112 valence electrons. The number of nitrogens with zero attached hydrogens (tertiary/aromatic N) is 3. The van der Waals surface area contributed by atoms with Crippen molar-refractivity contribution >= 4 is 34.8 Å². The Morgan fingerprint density at radius 1 is 0.905 bits per heavy atom. The minimum absolute atomic E-state index is 0.276. The van der Waals surface area contributed by atoms with Gasteiger partial charge in [-0.25, -0.2) is 4.98 Å². The molecule has 2 heterocycles. The lowest BCUT2D eigenvalue weighted by atomic mass is 9.92. The summed E-state index contributed by atoms with van der Waals surface area (Å²) in [5.41, 5.74) is 1.89. The Kier molecular flexibility index (Phi) is 5.80. The molecule has 0 bridgehead atoms. The van der Waals surface area contributed by atoms with Crippen LogP contribution >= 0.6 is 34.8 Å². The summed E-state index contributed by atoms with van der Waals surface area (Å²) in [6.45, 7) is 4.24.